The monoisotopic (exact) mass is 397 g/mol. The van der Waals surface area contributed by atoms with Gasteiger partial charge >= 0.3 is 5.97 Å². The number of aromatic nitrogens is 3. The Morgan fingerprint density at radius 3 is 2.72 bits per heavy atom. The summed E-state index contributed by atoms with van der Waals surface area (Å²) in [7, 11) is 1.37. The van der Waals surface area contributed by atoms with Crippen molar-refractivity contribution in [2.45, 2.75) is 31.7 Å². The summed E-state index contributed by atoms with van der Waals surface area (Å²) in [5, 5.41) is 10.9. The minimum atomic E-state index is -0.441. The molecule has 1 saturated carbocycles. The number of ether oxygens (including phenoxy) is 1. The predicted octanol–water partition coefficient (Wildman–Crippen LogP) is 1.97. The second-order valence-corrected chi connectivity index (χ2v) is 7.25. The average Bonchev–Trinajstić information content (AvgIpc) is 3.28. The van der Waals surface area contributed by atoms with Crippen molar-refractivity contribution in [1.29, 1.82) is 0 Å². The Hall–Kier alpha value is -2.78. The summed E-state index contributed by atoms with van der Waals surface area (Å²) < 4.78 is 4.94. The summed E-state index contributed by atoms with van der Waals surface area (Å²) in [6.45, 7) is 3.36. The number of methoxy groups -OCH3 is 1. The maximum Gasteiger partial charge on any atom is 0.343 e. The Kier molecular flexibility index (Phi) is 6.16. The maximum atomic E-state index is 12.3. The van der Waals surface area contributed by atoms with Crippen molar-refractivity contribution < 1.29 is 9.53 Å². The van der Waals surface area contributed by atoms with Gasteiger partial charge < -0.3 is 15.4 Å². The van der Waals surface area contributed by atoms with Crippen LogP contribution in [0.4, 0.5) is 17.6 Å². The predicted molar refractivity (Wildman–Crippen MR) is 110 cm³/mol. The van der Waals surface area contributed by atoms with Gasteiger partial charge in [0.15, 0.2) is 0 Å². The molecule has 2 aromatic rings. The number of nitrogens with zero attached hydrogens (tertiary/aromatic N) is 5. The molecule has 154 valence electrons. The quantitative estimate of drug-likeness (QED) is 0.709. The van der Waals surface area contributed by atoms with Crippen LogP contribution >= 0.6 is 0 Å². The molecule has 2 aliphatic rings. The lowest BCUT2D eigenvalue weighted by Gasteiger charge is -2.36. The number of hydrogen-bond donors (Lipinski definition) is 2. The standard InChI is InChI=1S/C20H27N7O2/c1-29-19(28)16-14-23-20(25-18(16)24-15-6-2-3-7-15)27(17-8-4-5-9-22-17)26-12-10-21-11-13-26/h4-5,8-9,14-15,21H,2-3,6-7,10-13H2,1H3,(H,23,24,25). The number of carbonyl (C=O) groups excluding carboxylic acids is 1. The topological polar surface area (TPSA) is 95.5 Å². The smallest absolute Gasteiger partial charge is 0.343 e. The van der Waals surface area contributed by atoms with E-state index in [1.807, 2.05) is 23.2 Å². The Morgan fingerprint density at radius 2 is 2.03 bits per heavy atom. The van der Waals surface area contributed by atoms with Crippen LogP contribution in [0.5, 0.6) is 0 Å². The summed E-state index contributed by atoms with van der Waals surface area (Å²) in [6, 6.07) is 6.07. The van der Waals surface area contributed by atoms with Crippen molar-refractivity contribution in [1.82, 2.24) is 25.3 Å². The van der Waals surface area contributed by atoms with E-state index >= 15 is 0 Å². The van der Waals surface area contributed by atoms with E-state index < -0.39 is 5.97 Å². The van der Waals surface area contributed by atoms with Gasteiger partial charge in [-0.1, -0.05) is 18.9 Å². The molecular formula is C20H27N7O2. The third kappa shape index (κ3) is 4.46. The molecule has 9 nitrogen and oxygen atoms in total. The third-order valence-corrected chi connectivity index (χ3v) is 5.31. The van der Waals surface area contributed by atoms with E-state index in [4.69, 9.17) is 9.72 Å². The molecule has 1 saturated heterocycles. The fourth-order valence-electron chi connectivity index (χ4n) is 3.81. The first-order valence-electron chi connectivity index (χ1n) is 10.1. The molecule has 0 spiro atoms. The minimum Gasteiger partial charge on any atom is -0.465 e. The molecule has 0 amide bonds. The van der Waals surface area contributed by atoms with Gasteiger partial charge in [-0.3, -0.25) is 0 Å². The largest absolute Gasteiger partial charge is 0.465 e. The van der Waals surface area contributed by atoms with Crippen molar-refractivity contribution >= 4 is 23.6 Å². The summed E-state index contributed by atoms with van der Waals surface area (Å²) in [4.78, 5) is 26.0. The van der Waals surface area contributed by atoms with E-state index in [1.165, 1.54) is 20.0 Å². The Labute approximate surface area is 170 Å². The number of rotatable bonds is 6. The molecule has 0 bridgehead atoms. The first kappa shape index (κ1) is 19.5. The van der Waals surface area contributed by atoms with E-state index in [1.54, 1.807) is 12.4 Å². The van der Waals surface area contributed by atoms with Gasteiger partial charge in [0.25, 0.3) is 0 Å². The highest BCUT2D eigenvalue weighted by Gasteiger charge is 2.27. The highest BCUT2D eigenvalue weighted by molar-refractivity contribution is 5.94. The Balaban J connectivity index is 1.72. The molecule has 4 rings (SSSR count). The molecule has 9 heteroatoms. The number of esters is 1. The van der Waals surface area contributed by atoms with Crippen LogP contribution in [0, 0.1) is 0 Å². The van der Waals surface area contributed by atoms with Crippen LogP contribution in [0.15, 0.2) is 30.6 Å². The number of hydrogen-bond acceptors (Lipinski definition) is 9. The summed E-state index contributed by atoms with van der Waals surface area (Å²) in [5.41, 5.74) is 0.351. The van der Waals surface area contributed by atoms with E-state index in [0.29, 0.717) is 23.4 Å². The second-order valence-electron chi connectivity index (χ2n) is 7.25. The molecular weight excluding hydrogens is 370 g/mol. The van der Waals surface area contributed by atoms with Crippen LogP contribution in [0.25, 0.3) is 0 Å². The van der Waals surface area contributed by atoms with Gasteiger partial charge in [0.1, 0.15) is 17.2 Å². The van der Waals surface area contributed by atoms with Gasteiger partial charge in [0.05, 0.1) is 7.11 Å². The molecule has 1 aliphatic heterocycles. The van der Waals surface area contributed by atoms with Crippen LogP contribution in [0.1, 0.15) is 36.0 Å². The lowest BCUT2D eigenvalue weighted by molar-refractivity contribution is 0.0601. The van der Waals surface area contributed by atoms with Crippen molar-refractivity contribution in [2.24, 2.45) is 0 Å². The molecule has 2 aromatic heterocycles. The van der Waals surface area contributed by atoms with Crippen LogP contribution in [0.2, 0.25) is 0 Å². The van der Waals surface area contributed by atoms with E-state index in [0.717, 1.165) is 44.8 Å². The lowest BCUT2D eigenvalue weighted by atomic mass is 10.2. The molecule has 0 unspecified atom stereocenters. The van der Waals surface area contributed by atoms with Crippen LogP contribution in [-0.2, 0) is 4.74 Å². The van der Waals surface area contributed by atoms with Crippen LogP contribution in [0.3, 0.4) is 0 Å². The highest BCUT2D eigenvalue weighted by atomic mass is 16.5. The summed E-state index contributed by atoms with van der Waals surface area (Å²) in [6.07, 6.45) is 7.81. The minimum absolute atomic E-state index is 0.309. The summed E-state index contributed by atoms with van der Waals surface area (Å²) >= 11 is 0. The lowest BCUT2D eigenvalue weighted by Crippen LogP contribution is -2.51. The number of hydrazine groups is 1. The Morgan fingerprint density at radius 1 is 1.24 bits per heavy atom. The molecule has 0 aromatic carbocycles. The highest BCUT2D eigenvalue weighted by Crippen LogP contribution is 2.28. The number of anilines is 3. The molecule has 3 heterocycles. The van der Waals surface area contributed by atoms with E-state index in [-0.39, 0.29) is 0 Å². The van der Waals surface area contributed by atoms with E-state index in [9.17, 15) is 4.79 Å². The number of carbonyl (C=O) groups is 1. The fourth-order valence-corrected chi connectivity index (χ4v) is 3.81. The molecule has 29 heavy (non-hydrogen) atoms. The zero-order chi connectivity index (χ0) is 20.1. The zero-order valence-electron chi connectivity index (χ0n) is 16.7. The number of pyridine rings is 1. The normalized spacial score (nSPS) is 17.8. The van der Waals surface area contributed by atoms with Gasteiger partial charge in [-0.2, -0.15) is 4.98 Å². The zero-order valence-corrected chi connectivity index (χ0v) is 16.7. The molecule has 2 N–H and O–H groups in total. The van der Waals surface area contributed by atoms with Crippen LogP contribution < -0.4 is 15.6 Å². The number of piperazine rings is 1. The van der Waals surface area contributed by atoms with Crippen LogP contribution in [-0.4, -0.2) is 65.3 Å². The molecule has 0 radical (unpaired) electrons. The average molecular weight is 397 g/mol. The van der Waals surface area contributed by atoms with Gasteiger partial charge in [-0.25, -0.2) is 24.8 Å². The third-order valence-electron chi connectivity index (χ3n) is 5.31. The SMILES string of the molecule is COC(=O)c1cnc(N(c2ccccn2)N2CCNCC2)nc1NC1CCCC1. The summed E-state index contributed by atoms with van der Waals surface area (Å²) in [5.74, 6) is 1.30. The number of nitrogens with one attached hydrogen (secondary N) is 2. The van der Waals surface area contributed by atoms with Gasteiger partial charge in [-0.15, -0.1) is 0 Å². The molecule has 0 atom stereocenters. The van der Waals surface area contributed by atoms with Crippen molar-refractivity contribution in [3.8, 4) is 0 Å². The van der Waals surface area contributed by atoms with Crippen molar-refractivity contribution in [3.05, 3.63) is 36.2 Å². The first-order valence-corrected chi connectivity index (χ1v) is 10.1. The van der Waals surface area contributed by atoms with Gasteiger partial charge in [0.2, 0.25) is 5.95 Å². The molecule has 2 fully saturated rings. The van der Waals surface area contributed by atoms with E-state index in [2.05, 4.69) is 25.6 Å². The fraction of sp³-hybridized carbons (Fsp3) is 0.500. The first-order chi connectivity index (χ1) is 14.3. The van der Waals surface area contributed by atoms with Gasteiger partial charge in [0, 0.05) is 44.6 Å². The molecule has 1 aliphatic carbocycles. The van der Waals surface area contributed by atoms with Gasteiger partial charge in [-0.05, 0) is 25.0 Å². The van der Waals surface area contributed by atoms with Crippen molar-refractivity contribution in [3.63, 3.8) is 0 Å². The maximum absolute atomic E-state index is 12.3. The second kappa shape index (κ2) is 9.15. The van der Waals surface area contributed by atoms with Crippen molar-refractivity contribution in [2.75, 3.05) is 43.6 Å². The Bertz CT molecular complexity index is 821.